The van der Waals surface area contributed by atoms with Gasteiger partial charge in [-0.2, -0.15) is 5.26 Å². The van der Waals surface area contributed by atoms with Crippen molar-refractivity contribution in [1.82, 2.24) is 9.88 Å². The zero-order valence-electron chi connectivity index (χ0n) is 13.3. The highest BCUT2D eigenvalue weighted by atomic mass is 14.9. The highest BCUT2D eigenvalue weighted by Crippen LogP contribution is 2.23. The summed E-state index contributed by atoms with van der Waals surface area (Å²) in [6.07, 6.45) is 5.35. The Morgan fingerprint density at radius 3 is 2.76 bits per heavy atom. The predicted molar refractivity (Wildman–Crippen MR) is 87.9 cm³/mol. The van der Waals surface area contributed by atoms with Crippen molar-refractivity contribution in [2.75, 3.05) is 7.05 Å². The number of hydrogen-bond acceptors (Lipinski definition) is 2. The van der Waals surface area contributed by atoms with Crippen LogP contribution in [0.15, 0.2) is 30.5 Å². The van der Waals surface area contributed by atoms with Crippen LogP contribution in [0.1, 0.15) is 38.7 Å². The van der Waals surface area contributed by atoms with Crippen LogP contribution < -0.4 is 5.32 Å². The van der Waals surface area contributed by atoms with E-state index in [1.807, 2.05) is 20.9 Å². The van der Waals surface area contributed by atoms with Gasteiger partial charge >= 0.3 is 0 Å². The Morgan fingerprint density at radius 2 is 2.05 bits per heavy atom. The lowest BCUT2D eigenvalue weighted by Crippen LogP contribution is -2.08. The lowest BCUT2D eigenvalue weighted by atomic mass is 9.89. The number of aromatic nitrogens is 1. The number of nitrogens with one attached hydrogen (secondary N) is 1. The number of nitrogens with zero attached hydrogens (tertiary/aromatic N) is 2. The topological polar surface area (TPSA) is 40.8 Å². The van der Waals surface area contributed by atoms with Gasteiger partial charge in [0.25, 0.3) is 0 Å². The van der Waals surface area contributed by atoms with Crippen molar-refractivity contribution in [3.63, 3.8) is 0 Å². The van der Waals surface area contributed by atoms with Crippen LogP contribution in [0.3, 0.4) is 0 Å². The molecule has 0 radical (unpaired) electrons. The molecule has 2 rings (SSSR count). The third-order valence-electron chi connectivity index (χ3n) is 3.97. The molecule has 2 aromatic rings. The second-order valence-electron chi connectivity index (χ2n) is 6.39. The van der Waals surface area contributed by atoms with Crippen LogP contribution in [0.5, 0.6) is 0 Å². The molecule has 0 spiro atoms. The average Bonchev–Trinajstić information content (AvgIpc) is 2.87. The molecule has 3 nitrogen and oxygen atoms in total. The number of benzene rings is 1. The van der Waals surface area contributed by atoms with E-state index in [-0.39, 0.29) is 5.41 Å². The Labute approximate surface area is 127 Å². The number of rotatable bonds is 7. The molecule has 1 N–H and O–H groups in total. The Balaban J connectivity index is 1.99. The molecular formula is C18H25N3. The van der Waals surface area contributed by atoms with Crippen molar-refractivity contribution in [2.24, 2.45) is 5.41 Å². The Kier molecular flexibility index (Phi) is 5.03. The molecular weight excluding hydrogens is 258 g/mol. The van der Waals surface area contributed by atoms with Crippen LogP contribution >= 0.6 is 0 Å². The molecule has 21 heavy (non-hydrogen) atoms. The molecule has 1 aromatic heterocycles. The predicted octanol–water partition coefficient (Wildman–Crippen LogP) is 4.08. The van der Waals surface area contributed by atoms with Gasteiger partial charge in [0.15, 0.2) is 0 Å². The number of unbranched alkanes of at least 4 members (excludes halogenated alkanes) is 1. The molecule has 0 aliphatic heterocycles. The Hall–Kier alpha value is -1.79. The van der Waals surface area contributed by atoms with E-state index in [9.17, 15) is 0 Å². The standard InChI is InChI=1S/C18H25N3/c1-18(2,14-19)9-4-5-10-21-11-8-16-7-6-15(13-20-3)12-17(16)21/h6-8,11-12,20H,4-5,9-10,13H2,1-3H3. The zero-order valence-corrected chi connectivity index (χ0v) is 13.3. The maximum atomic E-state index is 9.04. The Bertz CT molecular complexity index is 631. The fourth-order valence-corrected chi connectivity index (χ4v) is 2.64. The van der Waals surface area contributed by atoms with Gasteiger partial charge in [-0.15, -0.1) is 0 Å². The van der Waals surface area contributed by atoms with Crippen LogP contribution in [0.25, 0.3) is 10.9 Å². The van der Waals surface area contributed by atoms with Gasteiger partial charge in [-0.3, -0.25) is 0 Å². The largest absolute Gasteiger partial charge is 0.347 e. The summed E-state index contributed by atoms with van der Waals surface area (Å²) in [6.45, 7) is 5.95. The van der Waals surface area contributed by atoms with Gasteiger partial charge in [-0.1, -0.05) is 18.6 Å². The summed E-state index contributed by atoms with van der Waals surface area (Å²) in [4.78, 5) is 0. The first-order valence-electron chi connectivity index (χ1n) is 7.69. The maximum absolute atomic E-state index is 9.04. The molecule has 0 bridgehead atoms. The van der Waals surface area contributed by atoms with E-state index in [0.717, 1.165) is 32.4 Å². The summed E-state index contributed by atoms with van der Waals surface area (Å²) in [5, 5.41) is 13.5. The molecule has 0 saturated carbocycles. The van der Waals surface area contributed by atoms with Gasteiger partial charge in [0.05, 0.1) is 11.5 Å². The molecule has 0 aliphatic rings. The number of nitriles is 1. The summed E-state index contributed by atoms with van der Waals surface area (Å²) in [5.41, 5.74) is 2.43. The van der Waals surface area contributed by atoms with E-state index in [1.165, 1.54) is 16.5 Å². The van der Waals surface area contributed by atoms with Crippen molar-refractivity contribution < 1.29 is 0 Å². The number of hydrogen-bond donors (Lipinski definition) is 1. The van der Waals surface area contributed by atoms with Crippen molar-refractivity contribution in [1.29, 1.82) is 5.26 Å². The second kappa shape index (κ2) is 6.78. The molecule has 1 heterocycles. The molecule has 0 unspecified atom stereocenters. The van der Waals surface area contributed by atoms with Crippen LogP contribution in [-0.2, 0) is 13.1 Å². The second-order valence-corrected chi connectivity index (χ2v) is 6.39. The van der Waals surface area contributed by atoms with Crippen molar-refractivity contribution in [2.45, 2.75) is 46.2 Å². The van der Waals surface area contributed by atoms with Crippen LogP contribution in [0.2, 0.25) is 0 Å². The fraction of sp³-hybridized carbons (Fsp3) is 0.500. The van der Waals surface area contributed by atoms with Gasteiger partial charge in [-0.25, -0.2) is 0 Å². The first kappa shape index (κ1) is 15.6. The van der Waals surface area contributed by atoms with Crippen molar-refractivity contribution in [3.8, 4) is 6.07 Å². The normalized spacial score (nSPS) is 11.7. The van der Waals surface area contributed by atoms with E-state index >= 15 is 0 Å². The number of aryl methyl sites for hydroxylation is 1. The highest BCUT2D eigenvalue weighted by Gasteiger charge is 2.15. The van der Waals surface area contributed by atoms with Gasteiger partial charge in [-0.05, 0) is 56.8 Å². The summed E-state index contributed by atoms with van der Waals surface area (Å²) < 4.78 is 2.33. The molecule has 3 heteroatoms. The average molecular weight is 283 g/mol. The summed E-state index contributed by atoms with van der Waals surface area (Å²) in [5.74, 6) is 0. The van der Waals surface area contributed by atoms with Gasteiger partial charge < -0.3 is 9.88 Å². The highest BCUT2D eigenvalue weighted by molar-refractivity contribution is 5.80. The minimum absolute atomic E-state index is 0.196. The summed E-state index contributed by atoms with van der Waals surface area (Å²) in [7, 11) is 1.97. The third-order valence-corrected chi connectivity index (χ3v) is 3.97. The monoisotopic (exact) mass is 283 g/mol. The van der Waals surface area contributed by atoms with E-state index in [2.05, 4.69) is 46.4 Å². The minimum atomic E-state index is -0.196. The fourth-order valence-electron chi connectivity index (χ4n) is 2.64. The molecule has 0 fully saturated rings. The first-order valence-corrected chi connectivity index (χ1v) is 7.69. The van der Waals surface area contributed by atoms with Gasteiger partial charge in [0.1, 0.15) is 0 Å². The quantitative estimate of drug-likeness (QED) is 0.778. The zero-order chi connectivity index (χ0) is 15.3. The van der Waals surface area contributed by atoms with E-state index in [1.54, 1.807) is 0 Å². The SMILES string of the molecule is CNCc1ccc2ccn(CCCCC(C)(C)C#N)c2c1. The molecule has 0 amide bonds. The molecule has 0 saturated heterocycles. The number of fused-ring (bicyclic) bond motifs is 1. The van der Waals surface area contributed by atoms with Crippen LogP contribution in [0.4, 0.5) is 0 Å². The van der Waals surface area contributed by atoms with Crippen molar-refractivity contribution >= 4 is 10.9 Å². The molecule has 112 valence electrons. The van der Waals surface area contributed by atoms with E-state index in [4.69, 9.17) is 5.26 Å². The molecule has 1 aromatic carbocycles. The van der Waals surface area contributed by atoms with Gasteiger partial charge in [0.2, 0.25) is 0 Å². The first-order chi connectivity index (χ1) is 10.1. The summed E-state index contributed by atoms with van der Waals surface area (Å²) in [6, 6.07) is 11.2. The third kappa shape index (κ3) is 4.09. The smallest absolute Gasteiger partial charge is 0.0683 e. The van der Waals surface area contributed by atoms with Gasteiger partial charge in [0, 0.05) is 24.8 Å². The lowest BCUT2D eigenvalue weighted by Gasteiger charge is -2.14. The minimum Gasteiger partial charge on any atom is -0.347 e. The lowest BCUT2D eigenvalue weighted by molar-refractivity contribution is 0.418. The van der Waals surface area contributed by atoms with E-state index in [0.29, 0.717) is 0 Å². The van der Waals surface area contributed by atoms with Crippen LogP contribution in [0, 0.1) is 16.7 Å². The van der Waals surface area contributed by atoms with E-state index < -0.39 is 0 Å². The molecule has 0 atom stereocenters. The Morgan fingerprint density at radius 1 is 1.24 bits per heavy atom. The van der Waals surface area contributed by atoms with Crippen LogP contribution in [-0.4, -0.2) is 11.6 Å². The molecule has 0 aliphatic carbocycles. The summed E-state index contributed by atoms with van der Waals surface area (Å²) >= 11 is 0. The van der Waals surface area contributed by atoms with Crippen molar-refractivity contribution in [3.05, 3.63) is 36.0 Å². The maximum Gasteiger partial charge on any atom is 0.0683 e.